The number of likely N-dealkylation sites (N-methyl/N-ethyl adjacent to an activating group) is 1. The number of nitrogens with zero attached hydrogens (tertiary/aromatic N) is 3. The molecule has 0 radical (unpaired) electrons. The third kappa shape index (κ3) is 5.34. The van der Waals surface area contributed by atoms with Crippen LogP contribution in [0.4, 0.5) is 0 Å². The Kier molecular flexibility index (Phi) is 7.25. The molecule has 1 unspecified atom stereocenters. The number of methoxy groups -OCH3 is 2. The standard InChI is InChI=1S/C27H31N3O3/c1-29-14-15-30(18-23-6-4-8-25(32-2)26(23)33-3)19-24(27(29)31)16-20-9-11-21(12-10-20)22-7-5-13-28-17-22/h4-13,17,24H,14-16,18-19H2,1-3H3. The normalized spacial score (nSPS) is 17.0. The smallest absolute Gasteiger partial charge is 0.227 e. The Bertz CT molecular complexity index is 1070. The molecule has 0 bridgehead atoms. The molecule has 1 amide bonds. The summed E-state index contributed by atoms with van der Waals surface area (Å²) in [7, 11) is 5.21. The molecular formula is C27H31N3O3. The summed E-state index contributed by atoms with van der Waals surface area (Å²) in [5, 5.41) is 0. The Morgan fingerprint density at radius 2 is 1.79 bits per heavy atom. The molecule has 6 nitrogen and oxygen atoms in total. The molecule has 0 N–H and O–H groups in total. The van der Waals surface area contributed by atoms with Crippen LogP contribution in [0.3, 0.4) is 0 Å². The van der Waals surface area contributed by atoms with E-state index >= 15 is 0 Å². The Hall–Kier alpha value is -3.38. The van der Waals surface area contributed by atoms with Gasteiger partial charge in [-0.3, -0.25) is 14.7 Å². The molecule has 1 atom stereocenters. The molecule has 33 heavy (non-hydrogen) atoms. The molecule has 2 aromatic carbocycles. The first-order chi connectivity index (χ1) is 16.1. The predicted octanol–water partition coefficient (Wildman–Crippen LogP) is 3.90. The van der Waals surface area contributed by atoms with Crippen molar-refractivity contribution < 1.29 is 14.3 Å². The lowest BCUT2D eigenvalue weighted by Gasteiger charge is -2.24. The van der Waals surface area contributed by atoms with Gasteiger partial charge in [-0.25, -0.2) is 0 Å². The van der Waals surface area contributed by atoms with Gasteiger partial charge in [-0.1, -0.05) is 42.5 Å². The summed E-state index contributed by atoms with van der Waals surface area (Å²) in [5.74, 6) is 1.58. The van der Waals surface area contributed by atoms with Crippen LogP contribution >= 0.6 is 0 Å². The predicted molar refractivity (Wildman–Crippen MR) is 129 cm³/mol. The van der Waals surface area contributed by atoms with Crippen molar-refractivity contribution >= 4 is 5.91 Å². The lowest BCUT2D eigenvalue weighted by atomic mass is 9.96. The van der Waals surface area contributed by atoms with Crippen molar-refractivity contribution in [2.75, 3.05) is 40.9 Å². The molecule has 4 rings (SSSR count). The Labute approximate surface area is 195 Å². The van der Waals surface area contributed by atoms with Gasteiger partial charge in [0.1, 0.15) is 0 Å². The van der Waals surface area contributed by atoms with Crippen LogP contribution in [-0.2, 0) is 17.8 Å². The minimum absolute atomic E-state index is 0.0988. The van der Waals surface area contributed by atoms with Crippen molar-refractivity contribution in [1.29, 1.82) is 0 Å². The van der Waals surface area contributed by atoms with Crippen LogP contribution in [0.25, 0.3) is 11.1 Å². The summed E-state index contributed by atoms with van der Waals surface area (Å²) < 4.78 is 11.1. The summed E-state index contributed by atoms with van der Waals surface area (Å²) in [5.41, 5.74) is 4.44. The second-order valence-corrected chi connectivity index (χ2v) is 8.49. The summed E-state index contributed by atoms with van der Waals surface area (Å²) in [6, 6.07) is 18.4. The minimum atomic E-state index is -0.0988. The molecule has 0 spiro atoms. The fourth-order valence-corrected chi connectivity index (χ4v) is 4.46. The van der Waals surface area contributed by atoms with E-state index in [0.29, 0.717) is 26.1 Å². The molecule has 1 aliphatic rings. The maximum Gasteiger partial charge on any atom is 0.227 e. The van der Waals surface area contributed by atoms with E-state index in [1.807, 2.05) is 36.3 Å². The molecule has 2 heterocycles. The number of pyridine rings is 1. The first kappa shape index (κ1) is 22.8. The molecule has 1 aliphatic heterocycles. The average molecular weight is 446 g/mol. The number of para-hydroxylation sites is 1. The van der Waals surface area contributed by atoms with E-state index in [1.54, 1.807) is 20.4 Å². The van der Waals surface area contributed by atoms with Crippen molar-refractivity contribution in [3.05, 3.63) is 78.1 Å². The van der Waals surface area contributed by atoms with Crippen LogP contribution in [0.15, 0.2) is 67.0 Å². The lowest BCUT2D eigenvalue weighted by molar-refractivity contribution is -0.133. The number of aromatic nitrogens is 1. The first-order valence-electron chi connectivity index (χ1n) is 11.3. The summed E-state index contributed by atoms with van der Waals surface area (Å²) in [6.45, 7) is 2.94. The van der Waals surface area contributed by atoms with Gasteiger partial charge in [-0.2, -0.15) is 0 Å². The largest absolute Gasteiger partial charge is 0.493 e. The highest BCUT2D eigenvalue weighted by molar-refractivity contribution is 5.79. The van der Waals surface area contributed by atoms with Crippen molar-refractivity contribution in [3.8, 4) is 22.6 Å². The zero-order valence-corrected chi connectivity index (χ0v) is 19.5. The first-order valence-corrected chi connectivity index (χ1v) is 11.3. The molecule has 172 valence electrons. The van der Waals surface area contributed by atoms with Crippen molar-refractivity contribution in [1.82, 2.24) is 14.8 Å². The third-order valence-electron chi connectivity index (χ3n) is 6.27. The number of rotatable bonds is 7. The average Bonchev–Trinajstić information content (AvgIpc) is 2.98. The van der Waals surface area contributed by atoms with Gasteiger partial charge in [-0.15, -0.1) is 0 Å². The molecule has 1 aromatic heterocycles. The zero-order chi connectivity index (χ0) is 23.2. The van der Waals surface area contributed by atoms with E-state index in [0.717, 1.165) is 40.3 Å². The minimum Gasteiger partial charge on any atom is -0.493 e. The van der Waals surface area contributed by atoms with Crippen molar-refractivity contribution in [2.24, 2.45) is 5.92 Å². The molecule has 3 aromatic rings. The fraction of sp³-hybridized carbons (Fsp3) is 0.333. The monoisotopic (exact) mass is 445 g/mol. The van der Waals surface area contributed by atoms with Crippen LogP contribution in [-0.4, -0.2) is 61.6 Å². The molecule has 0 aliphatic carbocycles. The number of carbonyl (C=O) groups excluding carboxylic acids is 1. The van der Waals surface area contributed by atoms with Gasteiger partial charge in [-0.05, 0) is 35.2 Å². The summed E-state index contributed by atoms with van der Waals surface area (Å²) in [6.07, 6.45) is 4.35. The number of carbonyl (C=O) groups is 1. The quantitative estimate of drug-likeness (QED) is 0.552. The van der Waals surface area contributed by atoms with Crippen LogP contribution in [0.5, 0.6) is 11.5 Å². The number of benzene rings is 2. The van der Waals surface area contributed by atoms with E-state index in [4.69, 9.17) is 9.47 Å². The van der Waals surface area contributed by atoms with Gasteiger partial charge < -0.3 is 14.4 Å². The molecule has 1 saturated heterocycles. The van der Waals surface area contributed by atoms with Gasteiger partial charge in [0.2, 0.25) is 5.91 Å². The number of ether oxygens (including phenoxy) is 2. The molecule has 6 heteroatoms. The van der Waals surface area contributed by atoms with Gasteiger partial charge in [0.15, 0.2) is 11.5 Å². The summed E-state index contributed by atoms with van der Waals surface area (Å²) >= 11 is 0. The Morgan fingerprint density at radius 3 is 2.48 bits per heavy atom. The summed E-state index contributed by atoms with van der Waals surface area (Å²) in [4.78, 5) is 21.5. The van der Waals surface area contributed by atoms with E-state index in [2.05, 4.69) is 46.3 Å². The Morgan fingerprint density at radius 1 is 0.970 bits per heavy atom. The highest BCUT2D eigenvalue weighted by atomic mass is 16.5. The third-order valence-corrected chi connectivity index (χ3v) is 6.27. The zero-order valence-electron chi connectivity index (χ0n) is 19.5. The fourth-order valence-electron chi connectivity index (χ4n) is 4.46. The maximum atomic E-state index is 13.1. The van der Waals surface area contributed by atoms with E-state index in [-0.39, 0.29) is 11.8 Å². The number of amides is 1. The second-order valence-electron chi connectivity index (χ2n) is 8.49. The molecular weight excluding hydrogens is 414 g/mol. The molecule has 0 saturated carbocycles. The van der Waals surface area contributed by atoms with Crippen molar-refractivity contribution in [2.45, 2.75) is 13.0 Å². The maximum absolute atomic E-state index is 13.1. The second kappa shape index (κ2) is 10.5. The Balaban J connectivity index is 1.50. The van der Waals surface area contributed by atoms with Crippen LogP contribution < -0.4 is 9.47 Å². The molecule has 1 fully saturated rings. The highest BCUT2D eigenvalue weighted by Crippen LogP contribution is 2.32. The SMILES string of the molecule is COc1cccc(CN2CCN(C)C(=O)C(Cc3ccc(-c4cccnc4)cc3)C2)c1OC. The topological polar surface area (TPSA) is 54.9 Å². The van der Waals surface area contributed by atoms with E-state index < -0.39 is 0 Å². The van der Waals surface area contributed by atoms with Crippen LogP contribution in [0.1, 0.15) is 11.1 Å². The number of hydrogen-bond acceptors (Lipinski definition) is 5. The van der Waals surface area contributed by atoms with E-state index in [9.17, 15) is 4.79 Å². The lowest BCUT2D eigenvalue weighted by Crippen LogP contribution is -2.34. The van der Waals surface area contributed by atoms with Crippen LogP contribution in [0, 0.1) is 5.92 Å². The van der Waals surface area contributed by atoms with Gasteiger partial charge in [0, 0.05) is 51.2 Å². The van der Waals surface area contributed by atoms with Crippen LogP contribution in [0.2, 0.25) is 0 Å². The van der Waals surface area contributed by atoms with Gasteiger partial charge in [0.25, 0.3) is 0 Å². The van der Waals surface area contributed by atoms with Gasteiger partial charge in [0.05, 0.1) is 20.1 Å². The highest BCUT2D eigenvalue weighted by Gasteiger charge is 2.29. The number of hydrogen-bond donors (Lipinski definition) is 0. The van der Waals surface area contributed by atoms with E-state index in [1.165, 1.54) is 0 Å². The van der Waals surface area contributed by atoms with Gasteiger partial charge >= 0.3 is 0 Å². The van der Waals surface area contributed by atoms with Crippen molar-refractivity contribution in [3.63, 3.8) is 0 Å².